The zero-order chi connectivity index (χ0) is 10.0. The van der Waals surface area contributed by atoms with Gasteiger partial charge in [-0.2, -0.15) is 0 Å². The zero-order valence-electron chi connectivity index (χ0n) is 7.73. The molecule has 0 aromatic heterocycles. The van der Waals surface area contributed by atoms with Crippen LogP contribution in [-0.2, 0) is 6.42 Å². The Morgan fingerprint density at radius 1 is 1.38 bits per heavy atom. The van der Waals surface area contributed by atoms with Crippen LogP contribution >= 0.6 is 28.1 Å². The summed E-state index contributed by atoms with van der Waals surface area (Å²) in [5.41, 5.74) is 9.12. The SMILES string of the molecule is Cc1cc(CC(N)=S)cc(C)c1Br. The van der Waals surface area contributed by atoms with E-state index in [1.807, 2.05) is 0 Å². The molecule has 0 fully saturated rings. The molecule has 0 aliphatic carbocycles. The van der Waals surface area contributed by atoms with Gasteiger partial charge >= 0.3 is 0 Å². The van der Waals surface area contributed by atoms with Crippen molar-refractivity contribution < 1.29 is 0 Å². The third-order valence-corrected chi connectivity index (χ3v) is 3.27. The van der Waals surface area contributed by atoms with Crippen molar-refractivity contribution in [2.24, 2.45) is 5.73 Å². The van der Waals surface area contributed by atoms with Crippen molar-refractivity contribution in [3.05, 3.63) is 33.3 Å². The predicted octanol–water partition coefficient (Wildman–Crippen LogP) is 2.89. The topological polar surface area (TPSA) is 26.0 Å². The molecule has 2 N–H and O–H groups in total. The largest absolute Gasteiger partial charge is 0.393 e. The number of thiocarbonyl (C=S) groups is 1. The maximum Gasteiger partial charge on any atom is 0.0771 e. The highest BCUT2D eigenvalue weighted by Crippen LogP contribution is 2.22. The van der Waals surface area contributed by atoms with Crippen molar-refractivity contribution in [2.45, 2.75) is 20.3 Å². The van der Waals surface area contributed by atoms with Gasteiger partial charge in [0.25, 0.3) is 0 Å². The van der Waals surface area contributed by atoms with Crippen molar-refractivity contribution in [3.8, 4) is 0 Å². The second-order valence-corrected chi connectivity index (χ2v) is 4.50. The molecule has 0 bridgehead atoms. The van der Waals surface area contributed by atoms with Crippen molar-refractivity contribution in [3.63, 3.8) is 0 Å². The van der Waals surface area contributed by atoms with Gasteiger partial charge in [-0.05, 0) is 30.5 Å². The van der Waals surface area contributed by atoms with Crippen molar-refractivity contribution in [1.29, 1.82) is 0 Å². The summed E-state index contributed by atoms with van der Waals surface area (Å²) < 4.78 is 1.17. The monoisotopic (exact) mass is 257 g/mol. The molecule has 0 aliphatic heterocycles. The average Bonchev–Trinajstić information content (AvgIpc) is 1.98. The Hall–Kier alpha value is -0.410. The lowest BCUT2D eigenvalue weighted by molar-refractivity contribution is 1.24. The number of benzene rings is 1. The van der Waals surface area contributed by atoms with Gasteiger partial charge in [-0.3, -0.25) is 0 Å². The van der Waals surface area contributed by atoms with Crippen LogP contribution in [0.1, 0.15) is 16.7 Å². The van der Waals surface area contributed by atoms with E-state index >= 15 is 0 Å². The molecule has 0 atom stereocenters. The first-order valence-corrected chi connectivity index (χ1v) is 5.24. The summed E-state index contributed by atoms with van der Waals surface area (Å²) in [5.74, 6) is 0. The summed E-state index contributed by atoms with van der Waals surface area (Å²) >= 11 is 8.38. The van der Waals surface area contributed by atoms with Crippen LogP contribution < -0.4 is 5.73 Å². The molecule has 0 saturated heterocycles. The van der Waals surface area contributed by atoms with Crippen molar-refractivity contribution in [2.75, 3.05) is 0 Å². The number of rotatable bonds is 2. The minimum absolute atomic E-state index is 0.543. The fraction of sp³-hybridized carbons (Fsp3) is 0.300. The molecule has 1 aromatic carbocycles. The molecule has 1 rings (SSSR count). The summed E-state index contributed by atoms with van der Waals surface area (Å²) in [5, 5.41) is 0. The average molecular weight is 258 g/mol. The van der Waals surface area contributed by atoms with Gasteiger partial charge in [0, 0.05) is 10.9 Å². The van der Waals surface area contributed by atoms with Gasteiger partial charge in [0.2, 0.25) is 0 Å². The lowest BCUT2D eigenvalue weighted by Gasteiger charge is -2.06. The van der Waals surface area contributed by atoms with Crippen molar-refractivity contribution >= 4 is 33.1 Å². The van der Waals surface area contributed by atoms with Crippen LogP contribution in [0.25, 0.3) is 0 Å². The molecule has 13 heavy (non-hydrogen) atoms. The Labute approximate surface area is 92.5 Å². The summed E-state index contributed by atoms with van der Waals surface area (Å²) in [4.78, 5) is 0.543. The van der Waals surface area contributed by atoms with Crippen LogP contribution in [-0.4, -0.2) is 4.99 Å². The Bertz CT molecular complexity index is 324. The van der Waals surface area contributed by atoms with E-state index in [-0.39, 0.29) is 0 Å². The quantitative estimate of drug-likeness (QED) is 0.825. The molecule has 0 aliphatic rings. The molecule has 0 saturated carbocycles. The highest BCUT2D eigenvalue weighted by atomic mass is 79.9. The number of nitrogens with two attached hydrogens (primary N) is 1. The maximum absolute atomic E-state index is 5.48. The number of hydrogen-bond donors (Lipinski definition) is 1. The van der Waals surface area contributed by atoms with Crippen LogP contribution in [0.3, 0.4) is 0 Å². The first-order chi connectivity index (χ1) is 6.00. The van der Waals surface area contributed by atoms with Crippen LogP contribution in [0.4, 0.5) is 0 Å². The smallest absolute Gasteiger partial charge is 0.0771 e. The Balaban J connectivity index is 3.06. The van der Waals surface area contributed by atoms with Gasteiger partial charge in [0.15, 0.2) is 0 Å². The molecule has 0 amide bonds. The normalized spacial score (nSPS) is 10.1. The van der Waals surface area contributed by atoms with Crippen LogP contribution in [0, 0.1) is 13.8 Å². The molecule has 70 valence electrons. The summed E-state index contributed by atoms with van der Waals surface area (Å²) in [6, 6.07) is 4.21. The predicted molar refractivity (Wildman–Crippen MR) is 64.1 cm³/mol. The molecule has 0 radical (unpaired) electrons. The fourth-order valence-corrected chi connectivity index (χ4v) is 1.73. The molecule has 0 unspecified atom stereocenters. The minimum Gasteiger partial charge on any atom is -0.393 e. The molecule has 0 heterocycles. The Kier molecular flexibility index (Phi) is 3.45. The van der Waals surface area contributed by atoms with Gasteiger partial charge in [-0.15, -0.1) is 0 Å². The first kappa shape index (κ1) is 10.7. The van der Waals surface area contributed by atoms with E-state index in [9.17, 15) is 0 Å². The minimum atomic E-state index is 0.543. The summed E-state index contributed by atoms with van der Waals surface area (Å²) in [7, 11) is 0. The van der Waals surface area contributed by atoms with Crippen LogP contribution in [0.5, 0.6) is 0 Å². The van der Waals surface area contributed by atoms with Gasteiger partial charge in [-0.1, -0.05) is 40.3 Å². The van der Waals surface area contributed by atoms with E-state index in [1.54, 1.807) is 0 Å². The van der Waals surface area contributed by atoms with E-state index in [2.05, 4.69) is 41.9 Å². The van der Waals surface area contributed by atoms with Crippen LogP contribution in [0.15, 0.2) is 16.6 Å². The van der Waals surface area contributed by atoms with E-state index in [4.69, 9.17) is 18.0 Å². The second kappa shape index (κ2) is 4.20. The van der Waals surface area contributed by atoms with E-state index in [0.29, 0.717) is 11.4 Å². The molecule has 1 aromatic rings. The zero-order valence-corrected chi connectivity index (χ0v) is 10.1. The second-order valence-electron chi connectivity index (χ2n) is 3.19. The Morgan fingerprint density at radius 3 is 2.23 bits per heavy atom. The van der Waals surface area contributed by atoms with E-state index in [0.717, 1.165) is 0 Å². The molecule has 1 nitrogen and oxygen atoms in total. The molecule has 0 spiro atoms. The molecular formula is C10H12BrNS. The fourth-order valence-electron chi connectivity index (χ4n) is 1.34. The third kappa shape index (κ3) is 2.78. The third-order valence-electron chi connectivity index (χ3n) is 1.87. The standard InChI is InChI=1S/C10H12BrNS/c1-6-3-8(5-9(12)13)4-7(2)10(6)11/h3-4H,5H2,1-2H3,(H2,12,13). The van der Waals surface area contributed by atoms with E-state index in [1.165, 1.54) is 21.2 Å². The number of aryl methyl sites for hydroxylation is 2. The first-order valence-electron chi connectivity index (χ1n) is 4.04. The maximum atomic E-state index is 5.48. The lowest BCUT2D eigenvalue weighted by Crippen LogP contribution is -2.11. The molecule has 3 heteroatoms. The number of hydrogen-bond acceptors (Lipinski definition) is 1. The van der Waals surface area contributed by atoms with Gasteiger partial charge in [0.1, 0.15) is 0 Å². The van der Waals surface area contributed by atoms with E-state index < -0.39 is 0 Å². The highest BCUT2D eigenvalue weighted by Gasteiger charge is 2.02. The highest BCUT2D eigenvalue weighted by molar-refractivity contribution is 9.10. The Morgan fingerprint density at radius 2 is 1.85 bits per heavy atom. The van der Waals surface area contributed by atoms with Crippen molar-refractivity contribution in [1.82, 2.24) is 0 Å². The van der Waals surface area contributed by atoms with Gasteiger partial charge < -0.3 is 5.73 Å². The number of halogens is 1. The lowest BCUT2D eigenvalue weighted by atomic mass is 10.1. The van der Waals surface area contributed by atoms with Crippen LogP contribution in [0.2, 0.25) is 0 Å². The summed E-state index contributed by atoms with van der Waals surface area (Å²) in [6.07, 6.45) is 0.685. The molecular weight excluding hydrogens is 246 g/mol. The van der Waals surface area contributed by atoms with Gasteiger partial charge in [-0.25, -0.2) is 0 Å². The summed E-state index contributed by atoms with van der Waals surface area (Å²) in [6.45, 7) is 4.14. The van der Waals surface area contributed by atoms with Gasteiger partial charge in [0.05, 0.1) is 4.99 Å².